The summed E-state index contributed by atoms with van der Waals surface area (Å²) in [5, 5.41) is 19.5. The van der Waals surface area contributed by atoms with E-state index in [1.807, 2.05) is 0 Å². The first-order valence-electron chi connectivity index (χ1n) is 3.70. The van der Waals surface area contributed by atoms with Crippen molar-refractivity contribution >= 4 is 21.8 Å². The summed E-state index contributed by atoms with van der Waals surface area (Å²) in [7, 11) is -4.30. The van der Waals surface area contributed by atoms with Gasteiger partial charge in [0.05, 0.1) is 9.82 Å². The predicted molar refractivity (Wildman–Crippen MR) is 50.1 cm³/mol. The number of rotatable bonds is 3. The molecular formula is C7H4N2O6S. The van der Waals surface area contributed by atoms with Crippen LogP contribution >= 0.6 is 0 Å². The fourth-order valence-electron chi connectivity index (χ4n) is 0.912. The fourth-order valence-corrected chi connectivity index (χ4v) is 1.62. The van der Waals surface area contributed by atoms with E-state index in [1.54, 1.807) is 0 Å². The number of hydrogen-bond acceptors (Lipinski definition) is 6. The SMILES string of the molecule is O=C=NS(=O)(=O)c1ccc(O)c([N+](=O)[O-])c1. The first kappa shape index (κ1) is 11.8. The van der Waals surface area contributed by atoms with Gasteiger partial charge >= 0.3 is 5.69 Å². The Labute approximate surface area is 89.1 Å². The van der Waals surface area contributed by atoms with Gasteiger partial charge < -0.3 is 5.11 Å². The van der Waals surface area contributed by atoms with Crippen LogP contribution in [0.25, 0.3) is 0 Å². The third-order valence-electron chi connectivity index (χ3n) is 1.60. The lowest BCUT2D eigenvalue weighted by Gasteiger charge is -1.98. The van der Waals surface area contributed by atoms with E-state index in [1.165, 1.54) is 0 Å². The molecule has 0 spiro atoms. The molecule has 84 valence electrons. The summed E-state index contributed by atoms with van der Waals surface area (Å²) in [6, 6.07) is 2.31. The van der Waals surface area contributed by atoms with Crippen molar-refractivity contribution in [1.82, 2.24) is 0 Å². The average Bonchev–Trinajstić information content (AvgIpc) is 2.17. The van der Waals surface area contributed by atoms with Crippen molar-refractivity contribution in [3.05, 3.63) is 28.3 Å². The van der Waals surface area contributed by atoms with Crippen molar-refractivity contribution in [3.8, 4) is 5.75 Å². The van der Waals surface area contributed by atoms with Crippen molar-refractivity contribution in [2.75, 3.05) is 0 Å². The molecular weight excluding hydrogens is 240 g/mol. The molecule has 1 aromatic rings. The minimum Gasteiger partial charge on any atom is -0.502 e. The van der Waals surface area contributed by atoms with Gasteiger partial charge in [0.2, 0.25) is 0 Å². The summed E-state index contributed by atoms with van der Waals surface area (Å²) in [4.78, 5) is 18.7. The Hall–Kier alpha value is -2.25. The van der Waals surface area contributed by atoms with Crippen LogP contribution in [0, 0.1) is 10.1 Å². The van der Waals surface area contributed by atoms with E-state index >= 15 is 0 Å². The van der Waals surface area contributed by atoms with Gasteiger partial charge in [-0.25, -0.2) is 4.79 Å². The van der Waals surface area contributed by atoms with Gasteiger partial charge in [0.15, 0.2) is 5.75 Å². The quantitative estimate of drug-likeness (QED) is 0.353. The number of carbonyl (C=O) groups excluding carboxylic acids is 1. The van der Waals surface area contributed by atoms with Crippen molar-refractivity contribution in [2.24, 2.45) is 4.40 Å². The number of hydrogen-bond donors (Lipinski definition) is 1. The molecule has 0 amide bonds. The highest BCUT2D eigenvalue weighted by molar-refractivity contribution is 7.90. The highest BCUT2D eigenvalue weighted by atomic mass is 32.2. The van der Waals surface area contributed by atoms with Crippen molar-refractivity contribution in [1.29, 1.82) is 0 Å². The molecule has 8 nitrogen and oxygen atoms in total. The van der Waals surface area contributed by atoms with Gasteiger partial charge in [-0.3, -0.25) is 10.1 Å². The number of aromatic hydroxyl groups is 1. The summed E-state index contributed by atoms with van der Waals surface area (Å²) in [5.41, 5.74) is -0.790. The smallest absolute Gasteiger partial charge is 0.312 e. The molecule has 0 saturated heterocycles. The van der Waals surface area contributed by atoms with Gasteiger partial charge in [-0.05, 0) is 12.1 Å². The van der Waals surface area contributed by atoms with Crippen molar-refractivity contribution < 1.29 is 23.2 Å². The first-order chi connectivity index (χ1) is 7.38. The first-order valence-corrected chi connectivity index (χ1v) is 5.14. The molecule has 16 heavy (non-hydrogen) atoms. The van der Waals surface area contributed by atoms with E-state index in [0.717, 1.165) is 18.2 Å². The molecule has 0 aliphatic carbocycles. The number of phenols is 1. The maximum atomic E-state index is 11.2. The van der Waals surface area contributed by atoms with Gasteiger partial charge in [-0.2, -0.15) is 8.42 Å². The number of isocyanates is 1. The largest absolute Gasteiger partial charge is 0.502 e. The molecule has 0 fully saturated rings. The minimum absolute atomic E-state index is 0.569. The van der Waals surface area contributed by atoms with E-state index < -0.39 is 31.3 Å². The lowest BCUT2D eigenvalue weighted by Crippen LogP contribution is -1.98. The number of benzene rings is 1. The molecule has 0 atom stereocenters. The van der Waals surface area contributed by atoms with Gasteiger partial charge in [0.1, 0.15) is 0 Å². The summed E-state index contributed by atoms with van der Waals surface area (Å²) >= 11 is 0. The Kier molecular flexibility index (Phi) is 3.02. The molecule has 0 bridgehead atoms. The summed E-state index contributed by atoms with van der Waals surface area (Å²) in [6.07, 6.45) is 0.824. The number of nitro benzene ring substituents is 1. The molecule has 1 rings (SSSR count). The van der Waals surface area contributed by atoms with E-state index in [9.17, 15) is 23.3 Å². The Morgan fingerprint density at radius 2 is 2.06 bits per heavy atom. The predicted octanol–water partition coefficient (Wildman–Crippen LogP) is 0.325. The highest BCUT2D eigenvalue weighted by Gasteiger charge is 2.20. The number of nitro groups is 1. The molecule has 0 aromatic heterocycles. The van der Waals surface area contributed by atoms with Crippen LogP contribution in [0.2, 0.25) is 0 Å². The molecule has 0 radical (unpaired) electrons. The molecule has 0 heterocycles. The van der Waals surface area contributed by atoms with Crippen LogP contribution in [-0.2, 0) is 14.8 Å². The summed E-state index contributed by atoms with van der Waals surface area (Å²) in [5.74, 6) is -0.681. The Balaban J connectivity index is 3.45. The molecule has 1 N–H and O–H groups in total. The molecule has 0 aliphatic heterocycles. The standard InChI is InChI=1S/C7H4N2O6S/c10-4-8-16(14,15)5-1-2-7(11)6(3-5)9(12)13/h1-3,11H. The third-order valence-corrected chi connectivity index (χ3v) is 2.76. The number of sulfonamides is 1. The van der Waals surface area contributed by atoms with Crippen LogP contribution < -0.4 is 0 Å². The number of nitrogens with zero attached hydrogens (tertiary/aromatic N) is 2. The zero-order valence-corrected chi connectivity index (χ0v) is 8.34. The fraction of sp³-hybridized carbons (Fsp3) is 0. The molecule has 0 unspecified atom stereocenters. The van der Waals surface area contributed by atoms with E-state index in [-0.39, 0.29) is 0 Å². The highest BCUT2D eigenvalue weighted by Crippen LogP contribution is 2.28. The zero-order chi connectivity index (χ0) is 12.3. The lowest BCUT2D eigenvalue weighted by molar-refractivity contribution is -0.386. The Morgan fingerprint density at radius 3 is 2.56 bits per heavy atom. The van der Waals surface area contributed by atoms with Gasteiger partial charge in [-0.1, -0.05) is 4.40 Å². The lowest BCUT2D eigenvalue weighted by atomic mass is 10.3. The minimum atomic E-state index is -4.30. The van der Waals surface area contributed by atoms with Crippen LogP contribution in [0.5, 0.6) is 5.75 Å². The van der Waals surface area contributed by atoms with Crippen LogP contribution in [0.3, 0.4) is 0 Å². The van der Waals surface area contributed by atoms with Crippen LogP contribution in [0.1, 0.15) is 0 Å². The van der Waals surface area contributed by atoms with E-state index in [0.29, 0.717) is 6.07 Å². The second kappa shape index (κ2) is 4.09. The van der Waals surface area contributed by atoms with E-state index in [4.69, 9.17) is 5.11 Å². The maximum absolute atomic E-state index is 11.2. The van der Waals surface area contributed by atoms with E-state index in [2.05, 4.69) is 4.40 Å². The van der Waals surface area contributed by atoms with Crippen molar-refractivity contribution in [2.45, 2.75) is 4.90 Å². The summed E-state index contributed by atoms with van der Waals surface area (Å²) < 4.78 is 24.9. The van der Waals surface area contributed by atoms with Crippen LogP contribution in [-0.4, -0.2) is 24.5 Å². The summed E-state index contributed by atoms with van der Waals surface area (Å²) in [6.45, 7) is 0. The van der Waals surface area contributed by atoms with Gasteiger partial charge in [-0.15, -0.1) is 0 Å². The third kappa shape index (κ3) is 2.22. The van der Waals surface area contributed by atoms with Gasteiger partial charge in [0, 0.05) is 6.07 Å². The Bertz CT molecular complexity index is 587. The number of phenolic OH excluding ortho intramolecular Hbond substituents is 1. The van der Waals surface area contributed by atoms with Crippen LogP contribution in [0.15, 0.2) is 27.5 Å². The molecule has 0 saturated carbocycles. The van der Waals surface area contributed by atoms with Gasteiger partial charge in [0.25, 0.3) is 16.1 Å². The van der Waals surface area contributed by atoms with Crippen molar-refractivity contribution in [3.63, 3.8) is 0 Å². The second-order valence-corrected chi connectivity index (χ2v) is 4.17. The normalized spacial score (nSPS) is 10.5. The molecule has 0 aliphatic rings. The monoisotopic (exact) mass is 244 g/mol. The molecule has 1 aromatic carbocycles. The average molecular weight is 244 g/mol. The molecule has 9 heteroatoms. The second-order valence-electron chi connectivity index (χ2n) is 2.57. The Morgan fingerprint density at radius 1 is 1.44 bits per heavy atom. The zero-order valence-electron chi connectivity index (χ0n) is 7.52. The maximum Gasteiger partial charge on any atom is 0.312 e. The van der Waals surface area contributed by atoms with Crippen LogP contribution in [0.4, 0.5) is 5.69 Å². The topological polar surface area (TPSA) is 127 Å².